The Hall–Kier alpha value is -0.160. The van der Waals surface area contributed by atoms with Crippen LogP contribution in [0.5, 0.6) is 0 Å². The van der Waals surface area contributed by atoms with E-state index in [4.69, 9.17) is 14.2 Å². The number of hydrogen-bond acceptors (Lipinski definition) is 4. The van der Waals surface area contributed by atoms with Crippen molar-refractivity contribution >= 4 is 0 Å². The van der Waals surface area contributed by atoms with E-state index in [9.17, 15) is 0 Å². The number of methoxy groups -OCH3 is 1. The molecule has 1 fully saturated rings. The molecule has 1 rings (SSSR count). The van der Waals surface area contributed by atoms with Gasteiger partial charge in [0.2, 0.25) is 0 Å². The van der Waals surface area contributed by atoms with Gasteiger partial charge in [0.25, 0.3) is 0 Å². The topological polar surface area (TPSA) is 39.7 Å². The van der Waals surface area contributed by atoms with Gasteiger partial charge in [0.15, 0.2) is 0 Å². The smallest absolute Gasteiger partial charge is 0.0704 e. The van der Waals surface area contributed by atoms with E-state index < -0.39 is 0 Å². The monoisotopic (exact) mass is 217 g/mol. The van der Waals surface area contributed by atoms with E-state index in [1.807, 2.05) is 0 Å². The summed E-state index contributed by atoms with van der Waals surface area (Å²) < 4.78 is 16.0. The average Bonchev–Trinajstić information content (AvgIpc) is 2.29. The average molecular weight is 217 g/mol. The summed E-state index contributed by atoms with van der Waals surface area (Å²) in [5, 5.41) is 3.32. The van der Waals surface area contributed by atoms with Gasteiger partial charge >= 0.3 is 0 Å². The van der Waals surface area contributed by atoms with E-state index in [0.29, 0.717) is 19.3 Å². The third-order valence-corrected chi connectivity index (χ3v) is 2.47. The fourth-order valence-electron chi connectivity index (χ4n) is 1.64. The molecule has 0 aromatic carbocycles. The molecule has 0 amide bonds. The van der Waals surface area contributed by atoms with Crippen molar-refractivity contribution in [2.24, 2.45) is 0 Å². The molecule has 0 bridgehead atoms. The lowest BCUT2D eigenvalue weighted by molar-refractivity contribution is -0.00701. The number of ether oxygens (including phenoxy) is 3. The Bertz CT molecular complexity index is 138. The third kappa shape index (κ3) is 6.84. The first-order chi connectivity index (χ1) is 7.43. The molecule has 0 aliphatic carbocycles. The van der Waals surface area contributed by atoms with Crippen LogP contribution in [0.1, 0.15) is 19.3 Å². The van der Waals surface area contributed by atoms with E-state index in [1.165, 1.54) is 12.8 Å². The minimum atomic E-state index is 0.390. The Morgan fingerprint density at radius 3 is 2.87 bits per heavy atom. The normalized spacial score (nSPS) is 21.8. The summed E-state index contributed by atoms with van der Waals surface area (Å²) in [6.07, 6.45) is 3.75. The van der Waals surface area contributed by atoms with Crippen LogP contribution in [-0.2, 0) is 14.2 Å². The lowest BCUT2D eigenvalue weighted by Gasteiger charge is -2.22. The molecule has 0 saturated carbocycles. The predicted molar refractivity (Wildman–Crippen MR) is 59.2 cm³/mol. The highest BCUT2D eigenvalue weighted by Crippen LogP contribution is 2.05. The van der Waals surface area contributed by atoms with Gasteiger partial charge in [-0.2, -0.15) is 0 Å². The molecule has 1 aliphatic heterocycles. The third-order valence-electron chi connectivity index (χ3n) is 2.47. The van der Waals surface area contributed by atoms with Crippen molar-refractivity contribution in [1.82, 2.24) is 5.32 Å². The Morgan fingerprint density at radius 1 is 1.20 bits per heavy atom. The molecule has 4 nitrogen and oxygen atoms in total. The lowest BCUT2D eigenvalue weighted by Crippen LogP contribution is -2.35. The summed E-state index contributed by atoms with van der Waals surface area (Å²) in [7, 11) is 1.71. The Balaban J connectivity index is 1.79. The summed E-state index contributed by atoms with van der Waals surface area (Å²) in [6, 6.07) is 0. The maximum absolute atomic E-state index is 5.67. The molecule has 0 radical (unpaired) electrons. The number of nitrogens with one attached hydrogen (secondary N) is 1. The summed E-state index contributed by atoms with van der Waals surface area (Å²) >= 11 is 0. The largest absolute Gasteiger partial charge is 0.385 e. The molecule has 1 saturated heterocycles. The highest BCUT2D eigenvalue weighted by molar-refractivity contribution is 4.68. The van der Waals surface area contributed by atoms with Crippen LogP contribution in [0.2, 0.25) is 0 Å². The van der Waals surface area contributed by atoms with Gasteiger partial charge in [0, 0.05) is 26.9 Å². The molecule has 0 aromatic rings. The zero-order valence-corrected chi connectivity index (χ0v) is 9.67. The van der Waals surface area contributed by atoms with Crippen molar-refractivity contribution in [3.05, 3.63) is 0 Å². The highest BCUT2D eigenvalue weighted by atomic mass is 16.5. The fourth-order valence-corrected chi connectivity index (χ4v) is 1.64. The highest BCUT2D eigenvalue weighted by Gasteiger charge is 2.12. The van der Waals surface area contributed by atoms with Gasteiger partial charge in [0.1, 0.15) is 0 Å². The van der Waals surface area contributed by atoms with Crippen LogP contribution in [0.15, 0.2) is 0 Å². The predicted octanol–water partition coefficient (Wildman–Crippen LogP) is 0.808. The minimum absolute atomic E-state index is 0.390. The zero-order valence-electron chi connectivity index (χ0n) is 9.67. The molecule has 1 aliphatic rings. The summed E-state index contributed by atoms with van der Waals surface area (Å²) in [6.45, 7) is 5.06. The van der Waals surface area contributed by atoms with Crippen LogP contribution in [0.3, 0.4) is 0 Å². The Kier molecular flexibility index (Phi) is 7.83. The molecule has 1 heterocycles. The van der Waals surface area contributed by atoms with Crippen molar-refractivity contribution in [3.63, 3.8) is 0 Å². The van der Waals surface area contributed by atoms with Gasteiger partial charge in [-0.15, -0.1) is 0 Å². The molecule has 15 heavy (non-hydrogen) atoms. The summed E-state index contributed by atoms with van der Waals surface area (Å²) in [4.78, 5) is 0. The van der Waals surface area contributed by atoms with E-state index >= 15 is 0 Å². The van der Waals surface area contributed by atoms with Gasteiger partial charge in [-0.1, -0.05) is 0 Å². The number of hydrogen-bond donors (Lipinski definition) is 1. The Morgan fingerprint density at radius 2 is 2.13 bits per heavy atom. The van der Waals surface area contributed by atoms with E-state index in [-0.39, 0.29) is 0 Å². The van der Waals surface area contributed by atoms with Crippen LogP contribution in [-0.4, -0.2) is 52.7 Å². The second-order valence-electron chi connectivity index (χ2n) is 3.80. The van der Waals surface area contributed by atoms with Gasteiger partial charge in [-0.25, -0.2) is 0 Å². The molecule has 0 spiro atoms. The standard InChI is InChI=1S/C11H23NO3/c1-13-6-3-7-14-8-9-15-11-4-2-5-12-10-11/h11-12H,2-10H2,1H3/t11-/m0/s1. The maximum atomic E-state index is 5.67. The minimum Gasteiger partial charge on any atom is -0.385 e. The van der Waals surface area contributed by atoms with Crippen LogP contribution in [0.4, 0.5) is 0 Å². The number of rotatable bonds is 8. The van der Waals surface area contributed by atoms with Gasteiger partial charge in [0.05, 0.1) is 19.3 Å². The first-order valence-electron chi connectivity index (χ1n) is 5.82. The molecular formula is C11H23NO3. The molecule has 4 heteroatoms. The van der Waals surface area contributed by atoms with Gasteiger partial charge in [-0.05, 0) is 25.8 Å². The lowest BCUT2D eigenvalue weighted by atomic mass is 10.1. The van der Waals surface area contributed by atoms with Crippen LogP contribution < -0.4 is 5.32 Å². The number of piperidine rings is 1. The summed E-state index contributed by atoms with van der Waals surface area (Å²) in [5.41, 5.74) is 0. The molecule has 1 atom stereocenters. The second-order valence-corrected chi connectivity index (χ2v) is 3.80. The molecule has 0 unspecified atom stereocenters. The van der Waals surface area contributed by atoms with Crippen molar-refractivity contribution < 1.29 is 14.2 Å². The van der Waals surface area contributed by atoms with Crippen molar-refractivity contribution in [1.29, 1.82) is 0 Å². The van der Waals surface area contributed by atoms with Crippen molar-refractivity contribution in [2.75, 3.05) is 46.6 Å². The Labute approximate surface area is 92.3 Å². The molecule has 0 aromatic heterocycles. The first-order valence-corrected chi connectivity index (χ1v) is 5.82. The van der Waals surface area contributed by atoms with Gasteiger partial charge < -0.3 is 19.5 Å². The van der Waals surface area contributed by atoms with E-state index in [1.54, 1.807) is 7.11 Å². The molecule has 1 N–H and O–H groups in total. The SMILES string of the molecule is COCCCOCCO[C@H]1CCCNC1. The van der Waals surface area contributed by atoms with Crippen molar-refractivity contribution in [3.8, 4) is 0 Å². The van der Waals surface area contributed by atoms with Crippen molar-refractivity contribution in [2.45, 2.75) is 25.4 Å². The maximum Gasteiger partial charge on any atom is 0.0704 e. The van der Waals surface area contributed by atoms with Crippen LogP contribution in [0, 0.1) is 0 Å². The second kappa shape index (κ2) is 9.09. The van der Waals surface area contributed by atoms with E-state index in [2.05, 4.69) is 5.32 Å². The fraction of sp³-hybridized carbons (Fsp3) is 1.00. The van der Waals surface area contributed by atoms with Crippen LogP contribution >= 0.6 is 0 Å². The van der Waals surface area contributed by atoms with Crippen LogP contribution in [0.25, 0.3) is 0 Å². The quantitative estimate of drug-likeness (QED) is 0.611. The van der Waals surface area contributed by atoms with E-state index in [0.717, 1.165) is 32.7 Å². The molecule has 90 valence electrons. The zero-order chi connectivity index (χ0) is 10.8. The first kappa shape index (κ1) is 12.9. The van der Waals surface area contributed by atoms with Gasteiger partial charge in [-0.3, -0.25) is 0 Å². The summed E-state index contributed by atoms with van der Waals surface area (Å²) in [5.74, 6) is 0. The molecular weight excluding hydrogens is 194 g/mol.